The highest BCUT2D eigenvalue weighted by molar-refractivity contribution is 7.86. The summed E-state index contributed by atoms with van der Waals surface area (Å²) in [4.78, 5) is 19.0. The molecule has 1 saturated heterocycles. The molecule has 2 N–H and O–H groups in total. The number of nitrogens with zero attached hydrogens (tertiary/aromatic N) is 3. The van der Waals surface area contributed by atoms with Gasteiger partial charge < -0.3 is 24.4 Å². The third-order valence-electron chi connectivity index (χ3n) is 7.26. The molecule has 208 valence electrons. The van der Waals surface area contributed by atoms with Crippen molar-refractivity contribution in [2.45, 2.75) is 11.4 Å². The van der Waals surface area contributed by atoms with Crippen LogP contribution in [-0.4, -0.2) is 67.6 Å². The molecular weight excluding hydrogens is 524 g/mol. The second kappa shape index (κ2) is 12.0. The fraction of sp³-hybridized carbons (Fsp3) is 0.258. The Morgan fingerprint density at radius 2 is 1.65 bits per heavy atom. The van der Waals surface area contributed by atoms with Crippen LogP contribution in [0.5, 0.6) is 5.75 Å². The van der Waals surface area contributed by atoms with Crippen LogP contribution in [-0.2, 0) is 17.5 Å². The zero-order valence-electron chi connectivity index (χ0n) is 23.0. The van der Waals surface area contributed by atoms with Gasteiger partial charge in [-0.2, -0.15) is 0 Å². The van der Waals surface area contributed by atoms with Crippen molar-refractivity contribution in [1.29, 1.82) is 0 Å². The van der Waals surface area contributed by atoms with E-state index >= 15 is 0 Å². The van der Waals surface area contributed by atoms with Crippen molar-refractivity contribution in [2.75, 3.05) is 61.9 Å². The van der Waals surface area contributed by atoms with Crippen molar-refractivity contribution < 1.29 is 18.8 Å². The third kappa shape index (κ3) is 5.90. The number of piperazine rings is 1. The number of benzene rings is 4. The first-order valence-corrected chi connectivity index (χ1v) is 14.3. The number of nitrogens with one attached hydrogen (secondary N) is 1. The van der Waals surface area contributed by atoms with Crippen LogP contribution in [0.1, 0.15) is 15.9 Å². The van der Waals surface area contributed by atoms with Gasteiger partial charge in [0, 0.05) is 74.7 Å². The molecule has 1 unspecified atom stereocenters. The van der Waals surface area contributed by atoms with Gasteiger partial charge in [0.25, 0.3) is 0 Å². The minimum absolute atomic E-state index is 0.187. The van der Waals surface area contributed by atoms with Crippen LogP contribution in [0.3, 0.4) is 0 Å². The predicted octanol–water partition coefficient (Wildman–Crippen LogP) is 5.07. The number of carboxylic acid groups (broad SMARTS) is 1. The Kier molecular flexibility index (Phi) is 8.23. The number of hydrogen-bond donors (Lipinski definition) is 2. The van der Waals surface area contributed by atoms with Crippen molar-refractivity contribution >= 4 is 44.8 Å². The zero-order valence-corrected chi connectivity index (χ0v) is 23.8. The van der Waals surface area contributed by atoms with Gasteiger partial charge in [0.15, 0.2) is 11.0 Å². The van der Waals surface area contributed by atoms with E-state index in [4.69, 9.17) is 4.74 Å². The number of carbonyl (C=O) groups is 1. The number of aromatic carboxylic acids is 1. The van der Waals surface area contributed by atoms with E-state index in [0.717, 1.165) is 64.5 Å². The fourth-order valence-corrected chi connectivity index (χ4v) is 6.20. The molecule has 1 fully saturated rings. The molecule has 1 atom stereocenters. The normalized spacial score (nSPS) is 14.6. The van der Waals surface area contributed by atoms with Gasteiger partial charge in [0.1, 0.15) is 11.3 Å². The molecule has 8 nitrogen and oxygen atoms in total. The summed E-state index contributed by atoms with van der Waals surface area (Å²) in [5.74, 6) is -0.612. The van der Waals surface area contributed by atoms with Crippen LogP contribution in [0.15, 0.2) is 83.8 Å². The topological polar surface area (TPSA) is 85.4 Å². The standard InChI is InChI=1S/C31H34N4O4S/c1-33(2)28-8-4-7-26-25(28)6-5-9-30(26)40(38)32-23-11-13-24(14-12-23)35-18-16-34(17-19-35)21-22-10-15-29(39-3)27(20-22)31(36)37/h4-15,20,32H,16-19,21H2,1-3H3,(H,36,37). The molecule has 0 spiro atoms. The highest BCUT2D eigenvalue weighted by Gasteiger charge is 2.19. The lowest BCUT2D eigenvalue weighted by Gasteiger charge is -2.36. The number of fused-ring (bicyclic) bond motifs is 1. The molecule has 1 heterocycles. The van der Waals surface area contributed by atoms with E-state index in [9.17, 15) is 14.1 Å². The molecule has 0 aromatic heterocycles. The number of hydrogen-bond acceptors (Lipinski definition) is 6. The van der Waals surface area contributed by atoms with Gasteiger partial charge >= 0.3 is 5.97 Å². The molecular formula is C31H34N4O4S. The average Bonchev–Trinajstić information content (AvgIpc) is 2.97. The van der Waals surface area contributed by atoms with Gasteiger partial charge in [0.2, 0.25) is 0 Å². The Bertz CT molecular complexity index is 1530. The van der Waals surface area contributed by atoms with Crippen LogP contribution < -0.4 is 19.3 Å². The summed E-state index contributed by atoms with van der Waals surface area (Å²) >= 11 is 0. The van der Waals surface area contributed by atoms with Crippen LogP contribution in [0, 0.1) is 0 Å². The Morgan fingerprint density at radius 3 is 2.33 bits per heavy atom. The first-order chi connectivity index (χ1) is 19.3. The summed E-state index contributed by atoms with van der Waals surface area (Å²) in [7, 11) is 4.09. The maximum atomic E-state index is 13.3. The molecule has 1 aliphatic rings. The van der Waals surface area contributed by atoms with Gasteiger partial charge in [0.05, 0.1) is 12.0 Å². The first kappa shape index (κ1) is 27.5. The van der Waals surface area contributed by atoms with E-state index in [2.05, 4.69) is 43.7 Å². The van der Waals surface area contributed by atoms with Crippen molar-refractivity contribution in [3.63, 3.8) is 0 Å². The quantitative estimate of drug-likeness (QED) is 0.297. The Labute approximate surface area is 237 Å². The maximum absolute atomic E-state index is 13.3. The fourth-order valence-electron chi connectivity index (χ4n) is 5.16. The van der Waals surface area contributed by atoms with Crippen molar-refractivity contribution in [2.24, 2.45) is 0 Å². The van der Waals surface area contributed by atoms with E-state index in [1.54, 1.807) is 12.1 Å². The van der Waals surface area contributed by atoms with E-state index in [1.807, 2.05) is 56.6 Å². The molecule has 9 heteroatoms. The lowest BCUT2D eigenvalue weighted by molar-refractivity contribution is 0.0693. The Balaban J connectivity index is 1.20. The molecule has 0 aliphatic carbocycles. The molecule has 5 rings (SSSR count). The summed E-state index contributed by atoms with van der Waals surface area (Å²) in [5.41, 5.74) is 4.16. The summed E-state index contributed by atoms with van der Waals surface area (Å²) in [6.07, 6.45) is 0. The largest absolute Gasteiger partial charge is 0.496 e. The van der Waals surface area contributed by atoms with E-state index in [0.29, 0.717) is 12.3 Å². The predicted molar refractivity (Wildman–Crippen MR) is 162 cm³/mol. The lowest BCUT2D eigenvalue weighted by atomic mass is 10.1. The van der Waals surface area contributed by atoms with Crippen LogP contribution in [0.2, 0.25) is 0 Å². The molecule has 4 aromatic carbocycles. The zero-order chi connectivity index (χ0) is 28.2. The minimum Gasteiger partial charge on any atom is -0.496 e. The monoisotopic (exact) mass is 558 g/mol. The Morgan fingerprint density at radius 1 is 0.950 bits per heavy atom. The lowest BCUT2D eigenvalue weighted by Crippen LogP contribution is -2.45. The van der Waals surface area contributed by atoms with E-state index in [1.165, 1.54) is 7.11 Å². The number of anilines is 3. The average molecular weight is 559 g/mol. The molecule has 1 aliphatic heterocycles. The van der Waals surface area contributed by atoms with Crippen molar-refractivity contribution in [1.82, 2.24) is 4.90 Å². The molecule has 0 saturated carbocycles. The van der Waals surface area contributed by atoms with E-state index in [-0.39, 0.29) is 5.56 Å². The molecule has 0 amide bonds. The maximum Gasteiger partial charge on any atom is 0.339 e. The number of carboxylic acids is 1. The van der Waals surface area contributed by atoms with Crippen LogP contribution >= 0.6 is 0 Å². The SMILES string of the molecule is COc1ccc(CN2CCN(c3ccc(NS(=O)c4cccc5c(N(C)C)cccc45)cc3)CC2)cc1C(=O)O. The van der Waals surface area contributed by atoms with Crippen LogP contribution in [0.25, 0.3) is 10.8 Å². The summed E-state index contributed by atoms with van der Waals surface area (Å²) in [6, 6.07) is 25.4. The van der Waals surface area contributed by atoms with Gasteiger partial charge in [-0.15, -0.1) is 0 Å². The van der Waals surface area contributed by atoms with Gasteiger partial charge in [-0.25, -0.2) is 9.00 Å². The summed E-state index contributed by atoms with van der Waals surface area (Å²) < 4.78 is 21.6. The molecule has 0 radical (unpaired) electrons. The molecule has 0 bridgehead atoms. The smallest absolute Gasteiger partial charge is 0.339 e. The number of ether oxygens (including phenoxy) is 1. The minimum atomic E-state index is -1.41. The second-order valence-electron chi connectivity index (χ2n) is 10.0. The first-order valence-electron chi connectivity index (χ1n) is 13.2. The second-order valence-corrected chi connectivity index (χ2v) is 11.2. The van der Waals surface area contributed by atoms with Gasteiger partial charge in [-0.3, -0.25) is 4.90 Å². The van der Waals surface area contributed by atoms with Gasteiger partial charge in [-0.1, -0.05) is 30.3 Å². The van der Waals surface area contributed by atoms with Crippen molar-refractivity contribution in [3.05, 3.63) is 90.0 Å². The highest BCUT2D eigenvalue weighted by Crippen LogP contribution is 2.30. The molecule has 4 aromatic rings. The molecule has 40 heavy (non-hydrogen) atoms. The number of methoxy groups -OCH3 is 1. The van der Waals surface area contributed by atoms with E-state index < -0.39 is 17.0 Å². The van der Waals surface area contributed by atoms with Crippen molar-refractivity contribution in [3.8, 4) is 5.75 Å². The number of rotatable bonds is 9. The van der Waals surface area contributed by atoms with Gasteiger partial charge in [-0.05, 0) is 54.1 Å². The summed E-state index contributed by atoms with van der Waals surface area (Å²) in [6.45, 7) is 4.16. The Hall–Kier alpha value is -4.08. The summed E-state index contributed by atoms with van der Waals surface area (Å²) in [5, 5.41) is 11.5. The van der Waals surface area contributed by atoms with Crippen LogP contribution in [0.4, 0.5) is 17.1 Å². The highest BCUT2D eigenvalue weighted by atomic mass is 32.2. The third-order valence-corrected chi connectivity index (χ3v) is 8.43.